The number of para-hydroxylation sites is 1. The van der Waals surface area contributed by atoms with Gasteiger partial charge in [-0.2, -0.15) is 18.4 Å². The summed E-state index contributed by atoms with van der Waals surface area (Å²) in [6.07, 6.45) is -3.48. The number of aromatic nitrogens is 1. The molecule has 1 saturated heterocycles. The number of amides is 1. The van der Waals surface area contributed by atoms with Gasteiger partial charge in [0.15, 0.2) is 5.56 Å². The minimum Gasteiger partial charge on any atom is -0.344 e. The minimum absolute atomic E-state index is 0.0409. The number of nitriles is 1. The summed E-state index contributed by atoms with van der Waals surface area (Å²) < 4.78 is 41.1. The highest BCUT2D eigenvalue weighted by molar-refractivity contribution is 7.11. The van der Waals surface area contributed by atoms with E-state index in [1.54, 1.807) is 11.0 Å². The monoisotopic (exact) mass is 410 g/mol. The molecule has 2 heterocycles. The summed E-state index contributed by atoms with van der Waals surface area (Å²) in [7, 11) is 0. The highest BCUT2D eigenvalue weighted by Gasteiger charge is 2.34. The third-order valence-corrected chi connectivity index (χ3v) is 5.81. The predicted octanol–water partition coefficient (Wildman–Crippen LogP) is 3.73. The molecular weight excluding hydrogens is 393 g/mol. The molecule has 2 aromatic rings. The van der Waals surface area contributed by atoms with Crippen molar-refractivity contribution in [3.8, 4) is 6.07 Å². The number of hydrogen-bond acceptors (Lipinski definition) is 5. The van der Waals surface area contributed by atoms with E-state index in [1.807, 2.05) is 0 Å². The molecule has 148 valence electrons. The van der Waals surface area contributed by atoms with Crippen molar-refractivity contribution in [1.29, 1.82) is 5.26 Å². The molecule has 1 aliphatic rings. The Morgan fingerprint density at radius 2 is 1.93 bits per heavy atom. The molecule has 0 unspecified atom stereocenters. The molecule has 0 atom stereocenters. The molecule has 1 fully saturated rings. The number of piperidine rings is 1. The van der Waals surface area contributed by atoms with Crippen molar-refractivity contribution in [2.45, 2.75) is 32.0 Å². The highest BCUT2D eigenvalue weighted by Crippen LogP contribution is 2.37. The van der Waals surface area contributed by atoms with Gasteiger partial charge in [-0.25, -0.2) is 0 Å². The lowest BCUT2D eigenvalue weighted by molar-refractivity contribution is -0.137. The third kappa shape index (κ3) is 3.89. The molecule has 0 saturated carbocycles. The van der Waals surface area contributed by atoms with Crippen LogP contribution in [-0.2, 0) is 11.0 Å². The maximum absolute atomic E-state index is 13.2. The van der Waals surface area contributed by atoms with E-state index in [-0.39, 0.29) is 28.2 Å². The van der Waals surface area contributed by atoms with Crippen molar-refractivity contribution in [3.63, 3.8) is 0 Å². The number of nitrogens with zero attached hydrogens (tertiary/aromatic N) is 3. The number of anilines is 2. The first kappa shape index (κ1) is 19.9. The molecule has 1 aromatic carbocycles. The van der Waals surface area contributed by atoms with Crippen molar-refractivity contribution in [1.82, 2.24) is 8.86 Å². The van der Waals surface area contributed by atoms with Crippen molar-refractivity contribution >= 4 is 28.1 Å². The molecule has 3 rings (SSSR count). The Balaban J connectivity index is 1.91. The van der Waals surface area contributed by atoms with E-state index in [0.717, 1.165) is 17.6 Å². The summed E-state index contributed by atoms with van der Waals surface area (Å²) in [6, 6.07) is 6.51. The standard InChI is InChI=1S/C18H17F3N4O2S/c1-11(26)24-8-6-12(7-9-24)25-17(27)13(10-22)16(28-25)23-15-5-3-2-4-14(15)18(19,20)21/h2-5,12,23H,6-9H2,1H3. The second kappa shape index (κ2) is 7.67. The van der Waals surface area contributed by atoms with Gasteiger partial charge in [0.1, 0.15) is 11.1 Å². The van der Waals surface area contributed by atoms with E-state index in [4.69, 9.17) is 0 Å². The van der Waals surface area contributed by atoms with Gasteiger partial charge in [-0.15, -0.1) is 0 Å². The first-order chi connectivity index (χ1) is 13.2. The van der Waals surface area contributed by atoms with Gasteiger partial charge < -0.3 is 10.2 Å². The maximum atomic E-state index is 13.2. The average Bonchev–Trinajstić information content (AvgIpc) is 2.96. The average molecular weight is 410 g/mol. The quantitative estimate of drug-likeness (QED) is 0.837. The number of carbonyl (C=O) groups is 1. The van der Waals surface area contributed by atoms with Crippen LogP contribution in [0.4, 0.5) is 23.9 Å². The normalized spacial score (nSPS) is 15.3. The van der Waals surface area contributed by atoms with Crippen LogP contribution in [0.5, 0.6) is 0 Å². The number of benzene rings is 1. The molecular formula is C18H17F3N4O2S. The summed E-state index contributed by atoms with van der Waals surface area (Å²) in [4.78, 5) is 25.7. The Morgan fingerprint density at radius 1 is 1.29 bits per heavy atom. The Kier molecular flexibility index (Phi) is 5.47. The van der Waals surface area contributed by atoms with Gasteiger partial charge in [0.05, 0.1) is 17.3 Å². The summed E-state index contributed by atoms with van der Waals surface area (Å²) in [5.74, 6) is -0.0409. The molecule has 6 nitrogen and oxygen atoms in total. The summed E-state index contributed by atoms with van der Waals surface area (Å²) in [6.45, 7) is 2.46. The topological polar surface area (TPSA) is 78.1 Å². The van der Waals surface area contributed by atoms with Gasteiger partial charge in [-0.05, 0) is 36.5 Å². The van der Waals surface area contributed by atoms with E-state index in [0.29, 0.717) is 25.9 Å². The fourth-order valence-electron chi connectivity index (χ4n) is 3.19. The van der Waals surface area contributed by atoms with Crippen LogP contribution in [0.15, 0.2) is 29.1 Å². The molecule has 1 aromatic heterocycles. The predicted molar refractivity (Wildman–Crippen MR) is 98.5 cm³/mol. The smallest absolute Gasteiger partial charge is 0.344 e. The van der Waals surface area contributed by atoms with Gasteiger partial charge in [0, 0.05) is 20.0 Å². The summed E-state index contributed by atoms with van der Waals surface area (Å²) in [5, 5.41) is 12.1. The van der Waals surface area contributed by atoms with Crippen molar-refractivity contribution < 1.29 is 18.0 Å². The number of carbonyl (C=O) groups excluding carboxylic acids is 1. The summed E-state index contributed by atoms with van der Waals surface area (Å²) >= 11 is 0.941. The zero-order chi connectivity index (χ0) is 20.5. The number of alkyl halides is 3. The Hall–Kier alpha value is -2.80. The second-order valence-electron chi connectivity index (χ2n) is 6.44. The SMILES string of the molecule is CC(=O)N1CCC(n2sc(Nc3ccccc3C(F)(F)F)c(C#N)c2=O)CC1. The maximum Gasteiger partial charge on any atom is 0.418 e. The molecule has 0 aliphatic carbocycles. The Morgan fingerprint density at radius 3 is 2.50 bits per heavy atom. The number of hydrogen-bond donors (Lipinski definition) is 1. The summed E-state index contributed by atoms with van der Waals surface area (Å²) in [5.41, 5.74) is -1.83. The van der Waals surface area contributed by atoms with E-state index >= 15 is 0 Å². The van der Waals surface area contributed by atoms with E-state index in [1.165, 1.54) is 29.1 Å². The van der Waals surface area contributed by atoms with Crippen LogP contribution >= 0.6 is 11.5 Å². The first-order valence-corrected chi connectivity index (χ1v) is 9.34. The van der Waals surface area contributed by atoms with Crippen LogP contribution in [0.3, 0.4) is 0 Å². The second-order valence-corrected chi connectivity index (χ2v) is 7.43. The molecule has 1 N–H and O–H groups in total. The molecule has 0 bridgehead atoms. The molecule has 10 heteroatoms. The van der Waals surface area contributed by atoms with Crippen molar-refractivity contribution in [2.24, 2.45) is 0 Å². The van der Waals surface area contributed by atoms with Gasteiger partial charge in [0.25, 0.3) is 5.56 Å². The van der Waals surface area contributed by atoms with Crippen LogP contribution in [0.25, 0.3) is 0 Å². The van der Waals surface area contributed by atoms with E-state index in [9.17, 15) is 28.0 Å². The van der Waals surface area contributed by atoms with Gasteiger partial charge in [-0.3, -0.25) is 13.5 Å². The number of nitrogens with one attached hydrogen (secondary N) is 1. The lowest BCUT2D eigenvalue weighted by atomic mass is 10.1. The Labute approximate surface area is 163 Å². The largest absolute Gasteiger partial charge is 0.418 e. The molecule has 1 aliphatic heterocycles. The molecule has 0 spiro atoms. The van der Waals surface area contributed by atoms with E-state index in [2.05, 4.69) is 5.32 Å². The first-order valence-electron chi connectivity index (χ1n) is 8.57. The fraction of sp³-hybridized carbons (Fsp3) is 0.389. The fourth-order valence-corrected chi connectivity index (χ4v) is 4.30. The van der Waals surface area contributed by atoms with Crippen molar-refractivity contribution in [2.75, 3.05) is 18.4 Å². The Bertz CT molecular complexity index is 982. The van der Waals surface area contributed by atoms with Crippen molar-refractivity contribution in [3.05, 3.63) is 45.7 Å². The molecule has 0 radical (unpaired) electrons. The van der Waals surface area contributed by atoms with Crippen LogP contribution < -0.4 is 10.9 Å². The van der Waals surface area contributed by atoms with Crippen LogP contribution in [0, 0.1) is 11.3 Å². The molecule has 28 heavy (non-hydrogen) atoms. The van der Waals surface area contributed by atoms with Crippen LogP contribution in [-0.4, -0.2) is 27.9 Å². The van der Waals surface area contributed by atoms with Crippen LogP contribution in [0.2, 0.25) is 0 Å². The van der Waals surface area contributed by atoms with Gasteiger partial charge in [-0.1, -0.05) is 12.1 Å². The third-order valence-electron chi connectivity index (χ3n) is 4.66. The zero-order valence-electron chi connectivity index (χ0n) is 14.9. The minimum atomic E-state index is -4.57. The molecule has 1 amide bonds. The highest BCUT2D eigenvalue weighted by atomic mass is 32.1. The lowest BCUT2D eigenvalue weighted by Gasteiger charge is -2.31. The van der Waals surface area contributed by atoms with Gasteiger partial charge in [0.2, 0.25) is 5.91 Å². The van der Waals surface area contributed by atoms with Gasteiger partial charge >= 0.3 is 6.18 Å². The lowest BCUT2D eigenvalue weighted by Crippen LogP contribution is -2.38. The number of likely N-dealkylation sites (tertiary alicyclic amines) is 1. The number of rotatable bonds is 3. The van der Waals surface area contributed by atoms with Crippen LogP contribution in [0.1, 0.15) is 36.9 Å². The number of halogens is 3. The van der Waals surface area contributed by atoms with E-state index < -0.39 is 17.3 Å². The zero-order valence-corrected chi connectivity index (χ0v) is 15.7.